The molecule has 6 nitrogen and oxygen atoms in total. The summed E-state index contributed by atoms with van der Waals surface area (Å²) in [4.78, 5) is 16.6. The number of hydrogen-bond donors (Lipinski definition) is 1. The third-order valence-corrected chi connectivity index (χ3v) is 6.52. The first-order valence-corrected chi connectivity index (χ1v) is 11.4. The van der Waals surface area contributed by atoms with Crippen LogP contribution in [0.4, 0.5) is 0 Å². The van der Waals surface area contributed by atoms with Crippen LogP contribution in [0.3, 0.4) is 0 Å². The van der Waals surface area contributed by atoms with Gasteiger partial charge in [0, 0.05) is 12.7 Å². The minimum absolute atomic E-state index is 0.0378. The molecule has 1 amide bonds. The quantitative estimate of drug-likeness (QED) is 0.457. The molecule has 1 atom stereocenters. The number of aromatic nitrogens is 2. The van der Waals surface area contributed by atoms with Gasteiger partial charge < -0.3 is 9.73 Å². The number of thiophene rings is 1. The molecule has 4 aromatic rings. The summed E-state index contributed by atoms with van der Waals surface area (Å²) < 4.78 is 7.46. The average Bonchev–Trinajstić information content (AvgIpc) is 3.61. The van der Waals surface area contributed by atoms with Crippen molar-refractivity contribution in [3.8, 4) is 16.3 Å². The van der Waals surface area contributed by atoms with E-state index in [0.29, 0.717) is 17.8 Å². The fourth-order valence-corrected chi connectivity index (χ4v) is 4.80. The second kappa shape index (κ2) is 8.91. The Labute approximate surface area is 185 Å². The molecule has 0 aliphatic carbocycles. The maximum Gasteiger partial charge on any atom is 0.255 e. The molecule has 7 heteroatoms. The SMILES string of the molecule is O=C(NCC(c1ccco1)N1CCCC1)c1cn(-c2ccccc2)nc1-c1cccs1. The molecule has 1 fully saturated rings. The normalized spacial score (nSPS) is 15.2. The monoisotopic (exact) mass is 432 g/mol. The van der Waals surface area contributed by atoms with E-state index in [1.807, 2.05) is 66.2 Å². The van der Waals surface area contributed by atoms with Crippen molar-refractivity contribution in [2.45, 2.75) is 18.9 Å². The van der Waals surface area contributed by atoms with E-state index in [2.05, 4.69) is 10.2 Å². The molecule has 1 saturated heterocycles. The van der Waals surface area contributed by atoms with Crippen molar-refractivity contribution in [1.29, 1.82) is 0 Å². The van der Waals surface area contributed by atoms with Gasteiger partial charge in [-0.1, -0.05) is 24.3 Å². The van der Waals surface area contributed by atoms with Gasteiger partial charge in [-0.2, -0.15) is 5.10 Å². The Kier molecular flexibility index (Phi) is 5.69. The van der Waals surface area contributed by atoms with E-state index >= 15 is 0 Å². The van der Waals surface area contributed by atoms with Gasteiger partial charge in [0.05, 0.1) is 28.4 Å². The van der Waals surface area contributed by atoms with E-state index in [1.54, 1.807) is 22.3 Å². The number of likely N-dealkylation sites (tertiary alicyclic amines) is 1. The van der Waals surface area contributed by atoms with Crippen molar-refractivity contribution >= 4 is 17.2 Å². The second-order valence-corrected chi connectivity index (χ2v) is 8.58. The van der Waals surface area contributed by atoms with Crippen molar-refractivity contribution in [3.63, 3.8) is 0 Å². The zero-order valence-electron chi connectivity index (χ0n) is 17.1. The summed E-state index contributed by atoms with van der Waals surface area (Å²) in [5, 5.41) is 9.88. The molecule has 5 rings (SSSR count). The number of nitrogens with zero attached hydrogens (tertiary/aromatic N) is 3. The van der Waals surface area contributed by atoms with Gasteiger partial charge in [-0.25, -0.2) is 4.68 Å². The Morgan fingerprint density at radius 3 is 2.65 bits per heavy atom. The fraction of sp³-hybridized carbons (Fsp3) is 0.250. The van der Waals surface area contributed by atoms with Crippen molar-refractivity contribution < 1.29 is 9.21 Å². The molecule has 1 unspecified atom stereocenters. The zero-order valence-corrected chi connectivity index (χ0v) is 17.9. The van der Waals surface area contributed by atoms with E-state index in [1.165, 1.54) is 12.8 Å². The van der Waals surface area contributed by atoms with Crippen LogP contribution in [0, 0.1) is 0 Å². The van der Waals surface area contributed by atoms with E-state index in [4.69, 9.17) is 9.52 Å². The van der Waals surface area contributed by atoms with Crippen LogP contribution in [0.1, 0.15) is 35.0 Å². The number of amides is 1. The fourth-order valence-electron chi connectivity index (χ4n) is 4.08. The molecule has 0 radical (unpaired) electrons. The topological polar surface area (TPSA) is 63.3 Å². The molecule has 1 aliphatic heterocycles. The van der Waals surface area contributed by atoms with Crippen molar-refractivity contribution in [1.82, 2.24) is 20.0 Å². The van der Waals surface area contributed by atoms with Crippen molar-refractivity contribution in [2.24, 2.45) is 0 Å². The van der Waals surface area contributed by atoms with Crippen LogP contribution in [-0.4, -0.2) is 40.2 Å². The van der Waals surface area contributed by atoms with Crippen molar-refractivity contribution in [2.75, 3.05) is 19.6 Å². The first-order valence-electron chi connectivity index (χ1n) is 10.5. The predicted octanol–water partition coefficient (Wildman–Crippen LogP) is 4.76. The molecular formula is C24H24N4O2S. The van der Waals surface area contributed by atoms with Gasteiger partial charge in [0.25, 0.3) is 5.91 Å². The molecule has 0 bridgehead atoms. The van der Waals surface area contributed by atoms with Crippen LogP contribution in [0.25, 0.3) is 16.3 Å². The van der Waals surface area contributed by atoms with E-state index in [0.717, 1.165) is 29.4 Å². The average molecular weight is 433 g/mol. The summed E-state index contributed by atoms with van der Waals surface area (Å²) in [5.74, 6) is 0.766. The predicted molar refractivity (Wildman–Crippen MR) is 121 cm³/mol. The highest BCUT2D eigenvalue weighted by atomic mass is 32.1. The Morgan fingerprint density at radius 1 is 1.10 bits per heavy atom. The molecular weight excluding hydrogens is 408 g/mol. The molecule has 1 aromatic carbocycles. The number of furan rings is 1. The van der Waals surface area contributed by atoms with Gasteiger partial charge in [0.1, 0.15) is 11.5 Å². The molecule has 31 heavy (non-hydrogen) atoms. The highest BCUT2D eigenvalue weighted by Gasteiger charge is 2.27. The zero-order chi connectivity index (χ0) is 21.0. The highest BCUT2D eigenvalue weighted by Crippen LogP contribution is 2.29. The van der Waals surface area contributed by atoms with Crippen molar-refractivity contribution in [3.05, 3.63) is 83.8 Å². The molecule has 1 N–H and O–H groups in total. The molecule has 4 heterocycles. The molecule has 0 saturated carbocycles. The lowest BCUT2D eigenvalue weighted by molar-refractivity contribution is 0.0934. The molecule has 158 valence electrons. The Hall–Kier alpha value is -3.16. The third kappa shape index (κ3) is 4.19. The van der Waals surface area contributed by atoms with Crippen LogP contribution in [0.2, 0.25) is 0 Å². The van der Waals surface area contributed by atoms with Crippen LogP contribution in [0.5, 0.6) is 0 Å². The summed E-state index contributed by atoms with van der Waals surface area (Å²) in [6.07, 6.45) is 5.87. The van der Waals surface area contributed by atoms with E-state index in [9.17, 15) is 4.79 Å². The number of carbonyl (C=O) groups is 1. The maximum absolute atomic E-state index is 13.3. The molecule has 1 aliphatic rings. The summed E-state index contributed by atoms with van der Waals surface area (Å²) >= 11 is 1.58. The Morgan fingerprint density at radius 2 is 1.94 bits per heavy atom. The Balaban J connectivity index is 1.41. The van der Waals surface area contributed by atoms with Crippen LogP contribution in [0.15, 0.2) is 76.9 Å². The lowest BCUT2D eigenvalue weighted by Crippen LogP contribution is -2.36. The summed E-state index contributed by atoms with van der Waals surface area (Å²) in [6, 6.07) is 17.7. The second-order valence-electron chi connectivity index (χ2n) is 7.63. The minimum atomic E-state index is -0.124. The molecule has 0 spiro atoms. The van der Waals surface area contributed by atoms with Gasteiger partial charge in [-0.15, -0.1) is 11.3 Å². The summed E-state index contributed by atoms with van der Waals surface area (Å²) in [6.45, 7) is 2.54. The number of nitrogens with one attached hydrogen (secondary N) is 1. The number of carbonyl (C=O) groups excluding carboxylic acids is 1. The van der Waals surface area contributed by atoms with E-state index in [-0.39, 0.29) is 11.9 Å². The molecule has 3 aromatic heterocycles. The third-order valence-electron chi connectivity index (χ3n) is 5.64. The minimum Gasteiger partial charge on any atom is -0.468 e. The maximum atomic E-state index is 13.3. The van der Waals surface area contributed by atoms with Crippen LogP contribution >= 0.6 is 11.3 Å². The first-order chi connectivity index (χ1) is 15.3. The lowest BCUT2D eigenvalue weighted by Gasteiger charge is -2.25. The summed E-state index contributed by atoms with van der Waals surface area (Å²) in [5.41, 5.74) is 2.20. The Bertz CT molecular complexity index is 1110. The van der Waals surface area contributed by atoms with E-state index < -0.39 is 0 Å². The van der Waals surface area contributed by atoms with Gasteiger partial charge >= 0.3 is 0 Å². The van der Waals surface area contributed by atoms with Gasteiger partial charge in [0.15, 0.2) is 0 Å². The lowest BCUT2D eigenvalue weighted by atomic mass is 10.1. The number of para-hydroxylation sites is 1. The summed E-state index contributed by atoms with van der Waals surface area (Å²) in [7, 11) is 0. The standard InChI is InChI=1S/C24H24N4O2S/c29-24(25-16-20(21-10-6-14-30-21)27-12-4-5-13-27)19-17-28(18-8-2-1-3-9-18)26-23(19)22-11-7-15-31-22/h1-3,6-11,14-15,17,20H,4-5,12-13,16H2,(H,25,29). The van der Waals surface area contributed by atoms with Crippen LogP contribution < -0.4 is 5.32 Å². The highest BCUT2D eigenvalue weighted by molar-refractivity contribution is 7.13. The number of hydrogen-bond acceptors (Lipinski definition) is 5. The number of benzene rings is 1. The largest absolute Gasteiger partial charge is 0.468 e. The van der Waals surface area contributed by atoms with Crippen LogP contribution in [-0.2, 0) is 0 Å². The van der Waals surface area contributed by atoms with Gasteiger partial charge in [-0.3, -0.25) is 9.69 Å². The smallest absolute Gasteiger partial charge is 0.255 e. The number of rotatable bonds is 7. The first kappa shape index (κ1) is 19.8. The van der Waals surface area contributed by atoms with Gasteiger partial charge in [-0.05, 0) is 61.6 Å². The van der Waals surface area contributed by atoms with Gasteiger partial charge in [0.2, 0.25) is 0 Å².